The van der Waals surface area contributed by atoms with Crippen LogP contribution in [0.2, 0.25) is 0 Å². The maximum atomic E-state index is 11.9. The molecule has 1 aromatic carbocycles. The smallest absolute Gasteiger partial charge is 0.270 e. The number of amides is 2. The number of rotatable bonds is 7. The van der Waals surface area contributed by atoms with Crippen LogP contribution < -0.4 is 10.6 Å². The van der Waals surface area contributed by atoms with Gasteiger partial charge in [0.1, 0.15) is 0 Å². The molecule has 0 unspecified atom stereocenters. The Balaban J connectivity index is 1.76. The van der Waals surface area contributed by atoms with Crippen molar-refractivity contribution in [1.82, 2.24) is 10.6 Å². The number of carbonyl (C=O) groups excluding carboxylic acids is 2. The van der Waals surface area contributed by atoms with Crippen molar-refractivity contribution in [2.75, 3.05) is 13.1 Å². The molecule has 2 aromatic rings. The summed E-state index contributed by atoms with van der Waals surface area (Å²) in [6.07, 6.45) is 0.738. The van der Waals surface area contributed by atoms with Gasteiger partial charge in [-0.25, -0.2) is 0 Å². The second-order valence-electron chi connectivity index (χ2n) is 4.67. The minimum Gasteiger partial charge on any atom is -0.354 e. The van der Waals surface area contributed by atoms with Crippen molar-refractivity contribution in [1.29, 1.82) is 0 Å². The summed E-state index contributed by atoms with van der Waals surface area (Å²) in [6.45, 7) is 0.317. The fourth-order valence-corrected chi connectivity index (χ4v) is 2.57. The predicted molar refractivity (Wildman–Crippen MR) is 86.5 cm³/mol. The summed E-state index contributed by atoms with van der Waals surface area (Å²) in [5.41, 5.74) is -0.0244. The van der Waals surface area contributed by atoms with Gasteiger partial charge in [-0.15, -0.1) is 11.3 Å². The van der Waals surface area contributed by atoms with Crippen molar-refractivity contribution in [2.45, 2.75) is 6.42 Å². The average molecular weight is 333 g/mol. The van der Waals surface area contributed by atoms with Crippen molar-refractivity contribution in [3.63, 3.8) is 0 Å². The molecule has 2 N–H and O–H groups in total. The highest BCUT2D eigenvalue weighted by atomic mass is 32.1. The Morgan fingerprint density at radius 3 is 2.70 bits per heavy atom. The summed E-state index contributed by atoms with van der Waals surface area (Å²) in [5.74, 6) is -0.831. The lowest BCUT2D eigenvalue weighted by atomic mass is 10.2. The number of thiophene rings is 1. The first-order chi connectivity index (χ1) is 11.1. The van der Waals surface area contributed by atoms with Crippen molar-refractivity contribution in [3.05, 3.63) is 62.3 Å². The quantitative estimate of drug-likeness (QED) is 0.595. The zero-order valence-electron chi connectivity index (χ0n) is 12.2. The molecule has 2 amide bonds. The van der Waals surface area contributed by atoms with E-state index < -0.39 is 10.8 Å². The maximum Gasteiger partial charge on any atom is 0.270 e. The van der Waals surface area contributed by atoms with Crippen molar-refractivity contribution >= 4 is 28.8 Å². The first kappa shape index (κ1) is 16.6. The third-order valence-corrected chi connectivity index (χ3v) is 3.94. The average Bonchev–Trinajstić information content (AvgIpc) is 3.06. The number of non-ortho nitro benzene ring substituents is 1. The van der Waals surface area contributed by atoms with E-state index in [1.54, 1.807) is 11.3 Å². The number of nitrogens with zero attached hydrogens (tertiary/aromatic N) is 1. The van der Waals surface area contributed by atoms with E-state index in [2.05, 4.69) is 10.6 Å². The second kappa shape index (κ2) is 8.04. The van der Waals surface area contributed by atoms with Gasteiger partial charge in [0.05, 0.1) is 11.5 Å². The van der Waals surface area contributed by atoms with Crippen molar-refractivity contribution in [3.8, 4) is 0 Å². The van der Waals surface area contributed by atoms with E-state index >= 15 is 0 Å². The van der Waals surface area contributed by atoms with E-state index in [0.717, 1.165) is 6.42 Å². The van der Waals surface area contributed by atoms with Crippen LogP contribution in [0.15, 0.2) is 41.8 Å². The molecule has 0 aliphatic rings. The Labute approximate surface area is 136 Å². The summed E-state index contributed by atoms with van der Waals surface area (Å²) < 4.78 is 0. The van der Waals surface area contributed by atoms with E-state index in [9.17, 15) is 19.7 Å². The molecule has 0 bridgehead atoms. The highest BCUT2D eigenvalue weighted by Crippen LogP contribution is 2.12. The lowest BCUT2D eigenvalue weighted by molar-refractivity contribution is -0.384. The number of hydrogen-bond acceptors (Lipinski definition) is 5. The minimum absolute atomic E-state index is 0.144. The van der Waals surface area contributed by atoms with E-state index in [1.165, 1.54) is 29.1 Å². The van der Waals surface area contributed by atoms with E-state index in [4.69, 9.17) is 0 Å². The lowest BCUT2D eigenvalue weighted by Crippen LogP contribution is -2.37. The molecular weight excluding hydrogens is 318 g/mol. The zero-order chi connectivity index (χ0) is 16.7. The van der Waals surface area contributed by atoms with Gasteiger partial charge in [-0.3, -0.25) is 19.7 Å². The number of nitro benzene ring substituents is 1. The van der Waals surface area contributed by atoms with Gasteiger partial charge in [-0.05, 0) is 23.9 Å². The lowest BCUT2D eigenvalue weighted by Gasteiger charge is -2.06. The van der Waals surface area contributed by atoms with E-state index in [-0.39, 0.29) is 23.7 Å². The minimum atomic E-state index is -0.575. The molecule has 1 heterocycles. The Hall–Kier alpha value is -2.74. The van der Waals surface area contributed by atoms with Crippen LogP contribution >= 0.6 is 11.3 Å². The molecule has 0 fully saturated rings. The van der Waals surface area contributed by atoms with Gasteiger partial charge in [-0.2, -0.15) is 0 Å². The van der Waals surface area contributed by atoms with Gasteiger partial charge in [0.15, 0.2) is 0 Å². The van der Waals surface area contributed by atoms with Crippen LogP contribution in [0.5, 0.6) is 0 Å². The fourth-order valence-electron chi connectivity index (χ4n) is 1.87. The normalized spacial score (nSPS) is 10.1. The Bertz CT molecular complexity index is 701. The van der Waals surface area contributed by atoms with E-state index in [1.807, 2.05) is 17.5 Å². The molecule has 0 radical (unpaired) electrons. The molecule has 8 heteroatoms. The molecule has 7 nitrogen and oxygen atoms in total. The topological polar surface area (TPSA) is 101 Å². The van der Waals surface area contributed by atoms with Crippen LogP contribution in [-0.2, 0) is 11.2 Å². The molecule has 0 aliphatic carbocycles. The zero-order valence-corrected chi connectivity index (χ0v) is 13.0. The van der Waals surface area contributed by atoms with Crippen LogP contribution in [0.1, 0.15) is 15.2 Å². The molecule has 0 spiro atoms. The monoisotopic (exact) mass is 333 g/mol. The first-order valence-corrected chi connectivity index (χ1v) is 7.76. The van der Waals surface area contributed by atoms with Gasteiger partial charge in [0, 0.05) is 29.1 Å². The Morgan fingerprint density at radius 2 is 2.00 bits per heavy atom. The van der Waals surface area contributed by atoms with Crippen LogP contribution in [-0.4, -0.2) is 29.8 Å². The molecule has 0 atom stereocenters. The molecule has 0 saturated carbocycles. The number of benzene rings is 1. The summed E-state index contributed by atoms with van der Waals surface area (Å²) in [7, 11) is 0. The van der Waals surface area contributed by atoms with Crippen LogP contribution in [0.4, 0.5) is 5.69 Å². The Morgan fingerprint density at radius 1 is 1.17 bits per heavy atom. The third-order valence-electron chi connectivity index (χ3n) is 3.00. The van der Waals surface area contributed by atoms with Gasteiger partial charge in [0.25, 0.3) is 11.6 Å². The SMILES string of the molecule is O=C(CNC(=O)c1cccc([N+](=O)[O-])c1)NCCc1cccs1. The Kier molecular flexibility index (Phi) is 5.81. The largest absolute Gasteiger partial charge is 0.354 e. The second-order valence-corrected chi connectivity index (χ2v) is 5.70. The summed E-state index contributed by atoms with van der Waals surface area (Å²) in [5, 5.41) is 17.8. The van der Waals surface area contributed by atoms with Gasteiger partial charge in [-0.1, -0.05) is 12.1 Å². The molecule has 2 rings (SSSR count). The van der Waals surface area contributed by atoms with Crippen molar-refractivity contribution in [2.24, 2.45) is 0 Å². The number of carbonyl (C=O) groups is 2. The van der Waals surface area contributed by atoms with Gasteiger partial charge in [0.2, 0.25) is 5.91 Å². The summed E-state index contributed by atoms with van der Waals surface area (Å²) in [6, 6.07) is 9.28. The standard InChI is InChI=1S/C15H15N3O4S/c19-14(16-7-6-13-5-2-8-23-13)10-17-15(20)11-3-1-4-12(9-11)18(21)22/h1-5,8-9H,6-7,10H2,(H,16,19)(H,17,20). The number of hydrogen-bond donors (Lipinski definition) is 2. The predicted octanol–water partition coefficient (Wildman–Crippen LogP) is 1.74. The highest BCUT2D eigenvalue weighted by molar-refractivity contribution is 7.09. The number of nitro groups is 1. The van der Waals surface area contributed by atoms with Crippen LogP contribution in [0.3, 0.4) is 0 Å². The number of nitrogens with one attached hydrogen (secondary N) is 2. The molecule has 0 aliphatic heterocycles. The third kappa shape index (κ3) is 5.19. The molecular formula is C15H15N3O4S. The van der Waals surface area contributed by atoms with Crippen LogP contribution in [0, 0.1) is 10.1 Å². The van der Waals surface area contributed by atoms with Crippen LogP contribution in [0.25, 0.3) is 0 Å². The highest BCUT2D eigenvalue weighted by Gasteiger charge is 2.12. The maximum absolute atomic E-state index is 11.9. The van der Waals surface area contributed by atoms with Gasteiger partial charge >= 0.3 is 0 Å². The summed E-state index contributed by atoms with van der Waals surface area (Å²) in [4.78, 5) is 34.8. The van der Waals surface area contributed by atoms with E-state index in [0.29, 0.717) is 6.54 Å². The molecule has 0 saturated heterocycles. The fraction of sp³-hybridized carbons (Fsp3) is 0.200. The van der Waals surface area contributed by atoms with Gasteiger partial charge < -0.3 is 10.6 Å². The molecule has 120 valence electrons. The first-order valence-electron chi connectivity index (χ1n) is 6.88. The van der Waals surface area contributed by atoms with Crippen molar-refractivity contribution < 1.29 is 14.5 Å². The molecule has 23 heavy (non-hydrogen) atoms. The summed E-state index contributed by atoms with van der Waals surface area (Å²) >= 11 is 1.62. The molecule has 1 aromatic heterocycles.